The van der Waals surface area contributed by atoms with E-state index < -0.39 is 29.2 Å². The fourth-order valence-electron chi connectivity index (χ4n) is 1.45. The van der Waals surface area contributed by atoms with Gasteiger partial charge in [0.15, 0.2) is 0 Å². The van der Waals surface area contributed by atoms with E-state index in [-0.39, 0.29) is 11.8 Å². The van der Waals surface area contributed by atoms with Gasteiger partial charge in [-0.05, 0) is 13.0 Å². The number of nitrogens with zero attached hydrogens (tertiary/aromatic N) is 2. The number of pyridine rings is 1. The van der Waals surface area contributed by atoms with Crippen molar-refractivity contribution in [2.75, 3.05) is 13.1 Å². The van der Waals surface area contributed by atoms with Crippen LogP contribution in [0.4, 0.5) is 32.0 Å². The summed E-state index contributed by atoms with van der Waals surface area (Å²) in [4.78, 5) is 31.6. The van der Waals surface area contributed by atoms with Gasteiger partial charge >= 0.3 is 24.3 Å². The number of alkyl halides is 6. The van der Waals surface area contributed by atoms with Crippen molar-refractivity contribution in [3.63, 3.8) is 0 Å². The molecule has 0 amide bonds. The van der Waals surface area contributed by atoms with Crippen LogP contribution in [0.5, 0.6) is 5.88 Å². The molecule has 1 saturated heterocycles. The highest BCUT2D eigenvalue weighted by molar-refractivity contribution is 5.73. The number of rotatable bonds is 3. The molecule has 164 valence electrons. The number of nitro groups is 1. The molecule has 0 aliphatic carbocycles. The highest BCUT2D eigenvalue weighted by Gasteiger charge is 2.38. The number of hydrogen-bond donors (Lipinski definition) is 3. The summed E-state index contributed by atoms with van der Waals surface area (Å²) in [5, 5.41) is 27.8. The lowest BCUT2D eigenvalue weighted by atomic mass is 10.3. The van der Waals surface area contributed by atoms with Crippen molar-refractivity contribution in [1.29, 1.82) is 0 Å². The molecule has 29 heavy (non-hydrogen) atoms. The predicted octanol–water partition coefficient (Wildman–Crippen LogP) is 2.00. The third-order valence-corrected chi connectivity index (χ3v) is 2.72. The van der Waals surface area contributed by atoms with Crippen LogP contribution >= 0.6 is 0 Å². The van der Waals surface area contributed by atoms with Crippen molar-refractivity contribution < 1.29 is 55.8 Å². The van der Waals surface area contributed by atoms with Gasteiger partial charge in [-0.15, -0.1) is 0 Å². The van der Waals surface area contributed by atoms with Crippen LogP contribution < -0.4 is 10.1 Å². The predicted molar refractivity (Wildman–Crippen MR) is 80.2 cm³/mol. The molecule has 1 aliphatic rings. The minimum Gasteiger partial charge on any atom is -0.475 e. The first-order valence-electron chi connectivity index (χ1n) is 7.22. The maximum atomic E-state index is 10.6. The molecule has 0 bridgehead atoms. The van der Waals surface area contributed by atoms with Gasteiger partial charge in [-0.2, -0.15) is 26.3 Å². The standard InChI is InChI=1S/C9H11N3O3.2C2HF3O2/c13-12(14)7-1-2-9(11-5-7)15-8-3-4-10-6-8;2*3-2(4,5)1(6)7/h1-2,5,8,10H,3-4,6H2;2*(H,6,7)/t8-;;/m1../s1. The average Bonchev–Trinajstić information content (AvgIpc) is 3.07. The van der Waals surface area contributed by atoms with Gasteiger partial charge in [0.05, 0.1) is 4.92 Å². The van der Waals surface area contributed by atoms with Crippen LogP contribution in [0.25, 0.3) is 0 Å². The summed E-state index contributed by atoms with van der Waals surface area (Å²) in [6.07, 6.45) is -7.89. The number of carboxylic acids is 2. The molecule has 0 radical (unpaired) electrons. The minimum absolute atomic E-state index is 0.0214. The molecule has 16 heteroatoms. The molecule has 0 spiro atoms. The van der Waals surface area contributed by atoms with E-state index in [0.717, 1.165) is 19.5 Å². The number of aliphatic carboxylic acids is 2. The van der Waals surface area contributed by atoms with Crippen LogP contribution in [-0.4, -0.2) is 63.6 Å². The van der Waals surface area contributed by atoms with Gasteiger partial charge in [-0.25, -0.2) is 14.6 Å². The second-order valence-corrected chi connectivity index (χ2v) is 4.95. The van der Waals surface area contributed by atoms with E-state index in [2.05, 4.69) is 10.3 Å². The summed E-state index contributed by atoms with van der Waals surface area (Å²) in [5.41, 5.74) is -0.0214. The van der Waals surface area contributed by atoms with Crippen molar-refractivity contribution in [2.24, 2.45) is 0 Å². The zero-order valence-corrected chi connectivity index (χ0v) is 14.0. The summed E-state index contributed by atoms with van der Waals surface area (Å²) >= 11 is 0. The van der Waals surface area contributed by atoms with Gasteiger partial charge in [0.2, 0.25) is 5.88 Å². The number of carbonyl (C=O) groups is 2. The number of nitrogens with one attached hydrogen (secondary N) is 1. The highest BCUT2D eigenvalue weighted by Crippen LogP contribution is 2.16. The van der Waals surface area contributed by atoms with E-state index in [1.54, 1.807) is 0 Å². The zero-order chi connectivity index (χ0) is 22.8. The lowest BCUT2D eigenvalue weighted by Crippen LogP contribution is -2.21. The van der Waals surface area contributed by atoms with Crippen LogP contribution in [0, 0.1) is 10.1 Å². The van der Waals surface area contributed by atoms with Crippen molar-refractivity contribution >= 4 is 17.6 Å². The van der Waals surface area contributed by atoms with Gasteiger partial charge in [0.25, 0.3) is 5.69 Å². The Morgan fingerprint density at radius 1 is 1.14 bits per heavy atom. The number of halogens is 6. The normalized spacial score (nSPS) is 15.9. The average molecular weight is 437 g/mol. The van der Waals surface area contributed by atoms with Crippen LogP contribution in [0.3, 0.4) is 0 Å². The number of hydrogen-bond acceptors (Lipinski definition) is 7. The lowest BCUT2D eigenvalue weighted by Gasteiger charge is -2.10. The Kier molecular flexibility index (Phi) is 9.78. The lowest BCUT2D eigenvalue weighted by molar-refractivity contribution is -0.385. The maximum Gasteiger partial charge on any atom is 0.490 e. The first-order chi connectivity index (χ1) is 13.1. The number of aromatic nitrogens is 1. The Morgan fingerprint density at radius 3 is 1.90 bits per heavy atom. The van der Waals surface area contributed by atoms with Gasteiger partial charge in [0.1, 0.15) is 12.3 Å². The largest absolute Gasteiger partial charge is 0.490 e. The molecular weight excluding hydrogens is 424 g/mol. The molecule has 1 aliphatic heterocycles. The number of ether oxygens (including phenoxy) is 1. The molecule has 1 atom stereocenters. The van der Waals surface area contributed by atoms with Gasteiger partial charge in [0, 0.05) is 18.7 Å². The van der Waals surface area contributed by atoms with Crippen LogP contribution in [0.1, 0.15) is 6.42 Å². The van der Waals surface area contributed by atoms with Gasteiger partial charge < -0.3 is 20.3 Å². The molecule has 0 unspecified atom stereocenters. The molecular formula is C13H13F6N3O7. The first-order valence-corrected chi connectivity index (χ1v) is 7.22. The smallest absolute Gasteiger partial charge is 0.475 e. The second-order valence-electron chi connectivity index (χ2n) is 4.95. The maximum absolute atomic E-state index is 10.6. The van der Waals surface area contributed by atoms with Crippen LogP contribution in [-0.2, 0) is 9.59 Å². The SMILES string of the molecule is O=C(O)C(F)(F)F.O=C(O)C(F)(F)F.O=[N+]([O-])c1ccc(O[C@@H]2CCNC2)nc1. The molecule has 1 aromatic heterocycles. The summed E-state index contributed by atoms with van der Waals surface area (Å²) < 4.78 is 69.0. The van der Waals surface area contributed by atoms with Crippen molar-refractivity contribution in [1.82, 2.24) is 10.3 Å². The van der Waals surface area contributed by atoms with E-state index in [1.807, 2.05) is 0 Å². The summed E-state index contributed by atoms with van der Waals surface area (Å²) in [6.45, 7) is 1.75. The van der Waals surface area contributed by atoms with E-state index in [1.165, 1.54) is 18.3 Å². The van der Waals surface area contributed by atoms with Crippen LogP contribution in [0.2, 0.25) is 0 Å². The molecule has 2 heterocycles. The molecule has 0 aromatic carbocycles. The quantitative estimate of drug-likeness (QED) is 0.366. The van der Waals surface area contributed by atoms with Gasteiger partial charge in [-0.1, -0.05) is 0 Å². The third kappa shape index (κ3) is 11.3. The Hall–Kier alpha value is -3.17. The summed E-state index contributed by atoms with van der Waals surface area (Å²) in [7, 11) is 0. The Bertz CT molecular complexity index is 664. The highest BCUT2D eigenvalue weighted by atomic mass is 19.4. The van der Waals surface area contributed by atoms with Crippen molar-refractivity contribution in [3.05, 3.63) is 28.4 Å². The van der Waals surface area contributed by atoms with Crippen molar-refractivity contribution in [3.8, 4) is 5.88 Å². The molecule has 1 fully saturated rings. The summed E-state index contributed by atoms with van der Waals surface area (Å²) in [5.74, 6) is -5.07. The third-order valence-electron chi connectivity index (χ3n) is 2.72. The molecule has 3 N–H and O–H groups in total. The van der Waals surface area contributed by atoms with Crippen molar-refractivity contribution in [2.45, 2.75) is 24.9 Å². The Balaban J connectivity index is 0.000000473. The minimum atomic E-state index is -5.08. The first kappa shape index (κ1) is 25.8. The molecule has 0 saturated carbocycles. The van der Waals surface area contributed by atoms with E-state index in [0.29, 0.717) is 5.88 Å². The zero-order valence-electron chi connectivity index (χ0n) is 14.0. The van der Waals surface area contributed by atoms with Crippen LogP contribution in [0.15, 0.2) is 18.3 Å². The fraction of sp³-hybridized carbons (Fsp3) is 0.462. The van der Waals surface area contributed by atoms with E-state index >= 15 is 0 Å². The second kappa shape index (κ2) is 11.0. The Morgan fingerprint density at radius 2 is 1.62 bits per heavy atom. The summed E-state index contributed by atoms with van der Waals surface area (Å²) in [6, 6.07) is 2.92. The molecule has 1 aromatic rings. The molecule has 10 nitrogen and oxygen atoms in total. The van der Waals surface area contributed by atoms with E-state index in [9.17, 15) is 36.5 Å². The molecule has 2 rings (SSSR count). The van der Waals surface area contributed by atoms with Gasteiger partial charge in [-0.3, -0.25) is 10.1 Å². The topological polar surface area (TPSA) is 152 Å². The van der Waals surface area contributed by atoms with E-state index in [4.69, 9.17) is 24.5 Å². The Labute approximate surface area is 157 Å². The monoisotopic (exact) mass is 437 g/mol. The number of carboxylic acid groups (broad SMARTS) is 2. The fourth-order valence-corrected chi connectivity index (χ4v) is 1.45.